The van der Waals surface area contributed by atoms with Crippen LogP contribution in [0.2, 0.25) is 10.0 Å². The van der Waals surface area contributed by atoms with E-state index in [4.69, 9.17) is 27.9 Å². The number of benzene rings is 2. The number of ether oxygens (including phenoxy) is 1. The zero-order valence-corrected chi connectivity index (χ0v) is 17.4. The fraction of sp³-hybridized carbons (Fsp3) is 0.100. The van der Waals surface area contributed by atoms with Gasteiger partial charge in [0.25, 0.3) is 5.69 Å². The molecule has 1 heterocycles. The Bertz CT molecular complexity index is 1240. The maximum atomic E-state index is 13.9. The predicted octanol–water partition coefficient (Wildman–Crippen LogP) is 5.35. The first-order valence-electron chi connectivity index (χ1n) is 8.82. The second-order valence-corrected chi connectivity index (χ2v) is 7.03. The fourth-order valence-electron chi connectivity index (χ4n) is 2.86. The average molecular weight is 466 g/mol. The van der Waals surface area contributed by atoms with Crippen LogP contribution in [-0.2, 0) is 9.53 Å². The number of hydrogen-bond donors (Lipinski definition) is 2. The molecule has 2 N–H and O–H groups in total. The van der Waals surface area contributed by atoms with Gasteiger partial charge in [-0.3, -0.25) is 14.9 Å². The number of fused-ring (bicyclic) bond motifs is 1. The minimum Gasteiger partial charge on any atom is -0.461 e. The molecular weight excluding hydrogens is 452 g/mol. The van der Waals surface area contributed by atoms with Gasteiger partial charge < -0.3 is 15.0 Å². The lowest BCUT2D eigenvalue weighted by molar-refractivity contribution is -0.384. The molecule has 0 unspecified atom stereocenters. The number of halogens is 3. The lowest BCUT2D eigenvalue weighted by Crippen LogP contribution is -2.10. The van der Waals surface area contributed by atoms with Crippen LogP contribution in [0.4, 0.5) is 15.8 Å². The monoisotopic (exact) mass is 465 g/mol. The average Bonchev–Trinajstić information content (AvgIpc) is 3.06. The molecule has 3 rings (SSSR count). The number of aromatic nitrogens is 1. The Morgan fingerprint density at radius 2 is 2.03 bits per heavy atom. The number of esters is 1. The van der Waals surface area contributed by atoms with Crippen molar-refractivity contribution in [1.82, 2.24) is 4.98 Å². The van der Waals surface area contributed by atoms with E-state index in [0.717, 1.165) is 24.3 Å². The van der Waals surface area contributed by atoms with Crippen LogP contribution in [0.5, 0.6) is 0 Å². The standard InChI is InChI=1S/C20H14Cl2FN3O5/c1-2-31-20(28)19-12(18-13(22)7-10(21)8-16(18)25-19)4-6-17(27)24-15-9-11(26(29)30)3-5-14(15)23/h3-9,25H,2H2,1H3,(H,24,27)/b6-4+. The number of non-ortho nitro benzene ring substituents is 1. The van der Waals surface area contributed by atoms with Gasteiger partial charge in [0, 0.05) is 39.7 Å². The van der Waals surface area contributed by atoms with Crippen molar-refractivity contribution < 1.29 is 23.6 Å². The number of carbonyl (C=O) groups is 2. The number of nitrogens with zero attached hydrogens (tertiary/aromatic N) is 1. The molecule has 0 spiro atoms. The summed E-state index contributed by atoms with van der Waals surface area (Å²) in [6.45, 7) is 1.76. The lowest BCUT2D eigenvalue weighted by atomic mass is 10.1. The van der Waals surface area contributed by atoms with Crippen molar-refractivity contribution in [2.45, 2.75) is 6.92 Å². The number of nitro groups is 1. The van der Waals surface area contributed by atoms with E-state index < -0.39 is 22.6 Å². The van der Waals surface area contributed by atoms with E-state index in [1.54, 1.807) is 13.0 Å². The molecule has 0 saturated carbocycles. The van der Waals surface area contributed by atoms with Gasteiger partial charge in [-0.25, -0.2) is 9.18 Å². The highest BCUT2D eigenvalue weighted by Crippen LogP contribution is 2.33. The molecule has 2 aromatic carbocycles. The topological polar surface area (TPSA) is 114 Å². The summed E-state index contributed by atoms with van der Waals surface area (Å²) in [4.78, 5) is 37.7. The van der Waals surface area contributed by atoms with Crippen LogP contribution in [0, 0.1) is 15.9 Å². The number of nitro benzene ring substituents is 1. The van der Waals surface area contributed by atoms with Crippen LogP contribution in [0.15, 0.2) is 36.4 Å². The van der Waals surface area contributed by atoms with Gasteiger partial charge in [-0.2, -0.15) is 0 Å². The number of anilines is 1. The molecule has 0 bridgehead atoms. The molecule has 160 valence electrons. The van der Waals surface area contributed by atoms with Crippen LogP contribution >= 0.6 is 23.2 Å². The number of H-pyrrole nitrogens is 1. The molecule has 0 atom stereocenters. The van der Waals surface area contributed by atoms with Crippen LogP contribution in [0.1, 0.15) is 23.0 Å². The minimum atomic E-state index is -0.843. The van der Waals surface area contributed by atoms with E-state index in [1.165, 1.54) is 12.1 Å². The number of aromatic amines is 1. The van der Waals surface area contributed by atoms with E-state index in [-0.39, 0.29) is 34.3 Å². The third-order valence-corrected chi connectivity index (χ3v) is 4.67. The summed E-state index contributed by atoms with van der Waals surface area (Å²) in [6, 6.07) is 5.78. The molecular formula is C20H14Cl2FN3O5. The highest BCUT2D eigenvalue weighted by Gasteiger charge is 2.20. The molecule has 1 amide bonds. The first kappa shape index (κ1) is 22.3. The van der Waals surface area contributed by atoms with Gasteiger partial charge in [0.2, 0.25) is 5.91 Å². The highest BCUT2D eigenvalue weighted by molar-refractivity contribution is 6.39. The second kappa shape index (κ2) is 9.15. The van der Waals surface area contributed by atoms with E-state index >= 15 is 0 Å². The van der Waals surface area contributed by atoms with Crippen LogP contribution < -0.4 is 5.32 Å². The van der Waals surface area contributed by atoms with E-state index in [1.807, 2.05) is 0 Å². The smallest absolute Gasteiger partial charge is 0.355 e. The van der Waals surface area contributed by atoms with E-state index in [2.05, 4.69) is 10.3 Å². The molecule has 0 radical (unpaired) electrons. The number of amides is 1. The minimum absolute atomic E-state index is 0.0478. The van der Waals surface area contributed by atoms with Crippen molar-refractivity contribution in [3.8, 4) is 0 Å². The molecule has 31 heavy (non-hydrogen) atoms. The summed E-state index contributed by atoms with van der Waals surface area (Å²) in [5, 5.41) is 14.1. The fourth-order valence-corrected chi connectivity index (χ4v) is 3.46. The van der Waals surface area contributed by atoms with Crippen LogP contribution in [-0.4, -0.2) is 28.4 Å². The zero-order valence-electron chi connectivity index (χ0n) is 15.9. The van der Waals surface area contributed by atoms with Crippen molar-refractivity contribution in [3.05, 3.63) is 73.6 Å². The van der Waals surface area contributed by atoms with Crippen molar-refractivity contribution in [1.29, 1.82) is 0 Å². The van der Waals surface area contributed by atoms with E-state index in [0.29, 0.717) is 15.9 Å². The van der Waals surface area contributed by atoms with E-state index in [9.17, 15) is 24.1 Å². The van der Waals surface area contributed by atoms with Crippen LogP contribution in [0.25, 0.3) is 17.0 Å². The zero-order chi connectivity index (χ0) is 22.7. The van der Waals surface area contributed by atoms with Gasteiger partial charge in [0.15, 0.2) is 0 Å². The van der Waals surface area contributed by atoms with Gasteiger partial charge in [-0.05, 0) is 31.2 Å². The van der Waals surface area contributed by atoms with Gasteiger partial charge in [0.05, 0.1) is 22.2 Å². The summed E-state index contributed by atoms with van der Waals surface area (Å²) < 4.78 is 18.9. The lowest BCUT2D eigenvalue weighted by Gasteiger charge is -2.04. The molecule has 1 aromatic heterocycles. The Balaban J connectivity index is 1.97. The largest absolute Gasteiger partial charge is 0.461 e. The molecule has 0 aliphatic heterocycles. The molecule has 11 heteroatoms. The summed E-state index contributed by atoms with van der Waals surface area (Å²) in [5.74, 6) is -2.30. The third-order valence-electron chi connectivity index (χ3n) is 4.15. The summed E-state index contributed by atoms with van der Waals surface area (Å²) >= 11 is 12.3. The van der Waals surface area contributed by atoms with Crippen molar-refractivity contribution in [3.63, 3.8) is 0 Å². The first-order chi connectivity index (χ1) is 14.7. The summed E-state index contributed by atoms with van der Waals surface area (Å²) in [5.41, 5.74) is 0.0190. The maximum Gasteiger partial charge on any atom is 0.355 e. The van der Waals surface area contributed by atoms with Gasteiger partial charge >= 0.3 is 5.97 Å². The van der Waals surface area contributed by atoms with Crippen LogP contribution in [0.3, 0.4) is 0 Å². The SMILES string of the molecule is CCOC(=O)c1[nH]c2cc(Cl)cc(Cl)c2c1/C=C/C(=O)Nc1cc([N+](=O)[O-])ccc1F. The number of carbonyl (C=O) groups excluding carboxylic acids is 2. The Morgan fingerprint density at radius 3 is 2.71 bits per heavy atom. The first-order valence-corrected chi connectivity index (χ1v) is 9.57. The Hall–Kier alpha value is -3.43. The predicted molar refractivity (Wildman–Crippen MR) is 115 cm³/mol. The molecule has 3 aromatic rings. The normalized spacial score (nSPS) is 11.1. The van der Waals surface area contributed by atoms with Gasteiger partial charge in [0.1, 0.15) is 11.5 Å². The van der Waals surface area contributed by atoms with Crippen molar-refractivity contribution >= 4 is 63.4 Å². The van der Waals surface area contributed by atoms with Crippen molar-refractivity contribution in [2.24, 2.45) is 0 Å². The second-order valence-electron chi connectivity index (χ2n) is 6.19. The van der Waals surface area contributed by atoms with Gasteiger partial charge in [-0.15, -0.1) is 0 Å². The summed E-state index contributed by atoms with van der Waals surface area (Å²) in [6.07, 6.45) is 2.34. The molecule has 0 fully saturated rings. The Labute approximate surface area is 184 Å². The number of nitrogens with one attached hydrogen (secondary N) is 2. The Kier molecular flexibility index (Phi) is 6.57. The quantitative estimate of drug-likeness (QED) is 0.220. The van der Waals surface area contributed by atoms with Gasteiger partial charge in [-0.1, -0.05) is 23.2 Å². The number of rotatable bonds is 6. The maximum absolute atomic E-state index is 13.9. The van der Waals surface area contributed by atoms with Crippen molar-refractivity contribution in [2.75, 3.05) is 11.9 Å². The molecule has 0 aliphatic rings. The summed E-state index contributed by atoms with van der Waals surface area (Å²) in [7, 11) is 0. The highest BCUT2D eigenvalue weighted by atomic mass is 35.5. The molecule has 8 nitrogen and oxygen atoms in total. The number of hydrogen-bond acceptors (Lipinski definition) is 5. The molecule has 0 aliphatic carbocycles. The third kappa shape index (κ3) is 4.84. The Morgan fingerprint density at radius 1 is 1.29 bits per heavy atom. The molecule has 0 saturated heterocycles.